The maximum Gasteiger partial charge on any atom is 0.245 e. The highest BCUT2D eigenvalue weighted by molar-refractivity contribution is 9.10. The van der Waals surface area contributed by atoms with Crippen molar-refractivity contribution in [3.63, 3.8) is 0 Å². The van der Waals surface area contributed by atoms with Crippen LogP contribution < -0.4 is 9.62 Å². The standard InChI is InChI=1S/C16H17BrN2O3S/c1-12-8-9-15(14(17)10-12)19(23(2,21)22)11-16(20)18-13-6-4-3-5-7-13/h3-10H,11H2,1-2H3,(H,18,20). The summed E-state index contributed by atoms with van der Waals surface area (Å²) in [6.45, 7) is 1.61. The predicted octanol–water partition coefficient (Wildman–Crippen LogP) is 3.16. The van der Waals surface area contributed by atoms with Gasteiger partial charge in [-0.05, 0) is 52.7 Å². The Morgan fingerprint density at radius 2 is 1.83 bits per heavy atom. The first-order valence-corrected chi connectivity index (χ1v) is 9.50. The van der Waals surface area contributed by atoms with E-state index in [0.29, 0.717) is 15.8 Å². The van der Waals surface area contributed by atoms with Crippen molar-refractivity contribution in [3.8, 4) is 0 Å². The zero-order valence-corrected chi connectivity index (χ0v) is 15.2. The third-order valence-electron chi connectivity index (χ3n) is 3.12. The highest BCUT2D eigenvalue weighted by atomic mass is 79.9. The Hall–Kier alpha value is -1.86. The molecule has 2 rings (SSSR count). The highest BCUT2D eigenvalue weighted by Gasteiger charge is 2.22. The van der Waals surface area contributed by atoms with E-state index >= 15 is 0 Å². The molecule has 23 heavy (non-hydrogen) atoms. The molecule has 1 amide bonds. The van der Waals surface area contributed by atoms with E-state index in [0.717, 1.165) is 16.1 Å². The van der Waals surface area contributed by atoms with Crippen molar-refractivity contribution in [2.24, 2.45) is 0 Å². The van der Waals surface area contributed by atoms with Gasteiger partial charge in [-0.2, -0.15) is 0 Å². The first kappa shape index (κ1) is 17.5. The van der Waals surface area contributed by atoms with Crippen LogP contribution in [0, 0.1) is 6.92 Å². The quantitative estimate of drug-likeness (QED) is 0.843. The molecule has 0 fully saturated rings. The van der Waals surface area contributed by atoms with Gasteiger partial charge in [0.15, 0.2) is 0 Å². The molecule has 0 radical (unpaired) electrons. The van der Waals surface area contributed by atoms with Gasteiger partial charge in [0.25, 0.3) is 0 Å². The molecule has 0 aliphatic carbocycles. The topological polar surface area (TPSA) is 66.5 Å². The molecule has 0 saturated carbocycles. The Kier molecular flexibility index (Phi) is 5.43. The van der Waals surface area contributed by atoms with E-state index in [1.807, 2.05) is 19.1 Å². The van der Waals surface area contributed by atoms with Gasteiger partial charge in [0.05, 0.1) is 11.9 Å². The van der Waals surface area contributed by atoms with E-state index in [9.17, 15) is 13.2 Å². The normalized spacial score (nSPS) is 11.1. The lowest BCUT2D eigenvalue weighted by molar-refractivity contribution is -0.114. The van der Waals surface area contributed by atoms with Crippen LogP contribution in [0.4, 0.5) is 11.4 Å². The summed E-state index contributed by atoms with van der Waals surface area (Å²) in [5.41, 5.74) is 2.04. The van der Waals surface area contributed by atoms with Gasteiger partial charge in [0.1, 0.15) is 6.54 Å². The van der Waals surface area contributed by atoms with Crippen LogP contribution in [0.5, 0.6) is 0 Å². The number of para-hydroxylation sites is 1. The first-order valence-electron chi connectivity index (χ1n) is 6.86. The number of carbonyl (C=O) groups is 1. The minimum atomic E-state index is -3.60. The molecule has 0 unspecified atom stereocenters. The Morgan fingerprint density at radius 1 is 1.17 bits per heavy atom. The van der Waals surface area contributed by atoms with Gasteiger partial charge in [0, 0.05) is 10.2 Å². The third-order valence-corrected chi connectivity index (χ3v) is 4.88. The fourth-order valence-electron chi connectivity index (χ4n) is 2.05. The molecule has 5 nitrogen and oxygen atoms in total. The van der Waals surface area contributed by atoms with Crippen molar-refractivity contribution < 1.29 is 13.2 Å². The number of halogens is 1. The van der Waals surface area contributed by atoms with E-state index in [1.54, 1.807) is 36.4 Å². The molecule has 2 aromatic rings. The molecule has 0 aliphatic heterocycles. The van der Waals surface area contributed by atoms with Gasteiger partial charge in [0.2, 0.25) is 15.9 Å². The number of hydrogen-bond donors (Lipinski definition) is 1. The number of carbonyl (C=O) groups excluding carboxylic acids is 1. The molecular weight excluding hydrogens is 380 g/mol. The molecule has 0 aliphatic rings. The zero-order valence-electron chi connectivity index (χ0n) is 12.8. The molecular formula is C16H17BrN2O3S. The molecule has 0 atom stereocenters. The maximum absolute atomic E-state index is 12.2. The molecule has 7 heteroatoms. The Labute approximate surface area is 144 Å². The van der Waals surface area contributed by atoms with Crippen LogP contribution in [0.25, 0.3) is 0 Å². The number of hydrogen-bond acceptors (Lipinski definition) is 3. The summed E-state index contributed by atoms with van der Waals surface area (Å²) < 4.78 is 25.9. The van der Waals surface area contributed by atoms with E-state index < -0.39 is 15.9 Å². The lowest BCUT2D eigenvalue weighted by Crippen LogP contribution is -2.37. The van der Waals surface area contributed by atoms with Crippen LogP contribution in [-0.4, -0.2) is 27.1 Å². The third kappa shape index (κ3) is 4.80. The summed E-state index contributed by atoms with van der Waals surface area (Å²) in [6.07, 6.45) is 1.08. The van der Waals surface area contributed by atoms with Gasteiger partial charge in [-0.15, -0.1) is 0 Å². The highest BCUT2D eigenvalue weighted by Crippen LogP contribution is 2.28. The molecule has 1 N–H and O–H groups in total. The van der Waals surface area contributed by atoms with Crippen LogP contribution in [0.2, 0.25) is 0 Å². The number of benzene rings is 2. The van der Waals surface area contributed by atoms with Crippen LogP contribution in [0.3, 0.4) is 0 Å². The van der Waals surface area contributed by atoms with Crippen LogP contribution in [0.1, 0.15) is 5.56 Å². The van der Waals surface area contributed by atoms with Gasteiger partial charge in [-0.3, -0.25) is 9.10 Å². The largest absolute Gasteiger partial charge is 0.325 e. The van der Waals surface area contributed by atoms with E-state index in [2.05, 4.69) is 21.2 Å². The second-order valence-electron chi connectivity index (χ2n) is 5.14. The Bertz CT molecular complexity index is 807. The minimum absolute atomic E-state index is 0.296. The zero-order chi connectivity index (χ0) is 17.0. The number of nitrogens with one attached hydrogen (secondary N) is 1. The summed E-state index contributed by atoms with van der Waals surface area (Å²) >= 11 is 3.36. The second kappa shape index (κ2) is 7.14. The second-order valence-corrected chi connectivity index (χ2v) is 7.90. The van der Waals surface area contributed by atoms with E-state index in [-0.39, 0.29) is 6.54 Å². The van der Waals surface area contributed by atoms with Crippen LogP contribution in [0.15, 0.2) is 53.0 Å². The summed E-state index contributed by atoms with van der Waals surface area (Å²) in [5, 5.41) is 2.68. The fraction of sp³-hybridized carbons (Fsp3) is 0.188. The van der Waals surface area contributed by atoms with Crippen molar-refractivity contribution in [1.29, 1.82) is 0 Å². The number of amides is 1. The van der Waals surface area contributed by atoms with Crippen molar-refractivity contribution in [3.05, 3.63) is 58.6 Å². The summed E-state index contributed by atoms with van der Waals surface area (Å²) in [5.74, 6) is -0.408. The number of anilines is 2. The fourth-order valence-corrected chi connectivity index (χ4v) is 3.74. The number of rotatable bonds is 5. The molecule has 0 saturated heterocycles. The van der Waals surface area contributed by atoms with E-state index in [1.165, 1.54) is 0 Å². The van der Waals surface area contributed by atoms with Crippen molar-refractivity contribution >= 4 is 43.2 Å². The molecule has 0 heterocycles. The van der Waals surface area contributed by atoms with Crippen molar-refractivity contribution in [2.75, 3.05) is 22.4 Å². The van der Waals surface area contributed by atoms with Gasteiger partial charge < -0.3 is 5.32 Å². The minimum Gasteiger partial charge on any atom is -0.325 e. The Morgan fingerprint density at radius 3 is 2.39 bits per heavy atom. The van der Waals surface area contributed by atoms with Gasteiger partial charge in [-0.25, -0.2) is 8.42 Å². The summed E-state index contributed by atoms with van der Waals surface area (Å²) in [6, 6.07) is 14.2. The molecule has 0 spiro atoms. The average molecular weight is 397 g/mol. The smallest absolute Gasteiger partial charge is 0.245 e. The number of nitrogens with zero attached hydrogens (tertiary/aromatic N) is 1. The lowest BCUT2D eigenvalue weighted by atomic mass is 10.2. The van der Waals surface area contributed by atoms with E-state index in [4.69, 9.17) is 0 Å². The SMILES string of the molecule is Cc1ccc(N(CC(=O)Nc2ccccc2)S(C)(=O)=O)c(Br)c1. The Balaban J connectivity index is 2.25. The molecule has 0 bridgehead atoms. The summed E-state index contributed by atoms with van der Waals surface area (Å²) in [7, 11) is -3.60. The molecule has 0 aromatic heterocycles. The number of aryl methyl sites for hydroxylation is 1. The van der Waals surface area contributed by atoms with Gasteiger partial charge in [-0.1, -0.05) is 24.3 Å². The lowest BCUT2D eigenvalue weighted by Gasteiger charge is -2.23. The monoisotopic (exact) mass is 396 g/mol. The van der Waals surface area contributed by atoms with Gasteiger partial charge >= 0.3 is 0 Å². The molecule has 2 aromatic carbocycles. The maximum atomic E-state index is 12.2. The predicted molar refractivity (Wildman–Crippen MR) is 96.1 cm³/mol. The summed E-state index contributed by atoms with van der Waals surface area (Å²) in [4.78, 5) is 12.2. The first-order chi connectivity index (χ1) is 10.8. The van der Waals surface area contributed by atoms with Crippen LogP contribution >= 0.6 is 15.9 Å². The van der Waals surface area contributed by atoms with Crippen molar-refractivity contribution in [1.82, 2.24) is 0 Å². The molecule has 122 valence electrons. The van der Waals surface area contributed by atoms with Crippen LogP contribution in [-0.2, 0) is 14.8 Å². The number of sulfonamides is 1. The van der Waals surface area contributed by atoms with Crippen molar-refractivity contribution in [2.45, 2.75) is 6.92 Å². The average Bonchev–Trinajstić information content (AvgIpc) is 2.45.